The number of hydrogen-bond acceptors (Lipinski definition) is 1. The largest absolute Gasteiger partial charge is 0.309 e. The van der Waals surface area contributed by atoms with E-state index in [0.717, 1.165) is 23.3 Å². The van der Waals surface area contributed by atoms with Crippen LogP contribution in [-0.2, 0) is 13.0 Å². The zero-order valence-electron chi connectivity index (χ0n) is 14.7. The smallest absolute Gasteiger partial charge is 0.162 e. The number of nitrogens with zero attached hydrogens (tertiary/aromatic N) is 3. The predicted octanol–water partition coefficient (Wildman–Crippen LogP) is 5.88. The van der Waals surface area contributed by atoms with Crippen LogP contribution in [0.1, 0.15) is 24.0 Å². The molecule has 130 valence electrons. The van der Waals surface area contributed by atoms with Crippen LogP contribution in [0.4, 0.5) is 0 Å². The van der Waals surface area contributed by atoms with Crippen LogP contribution < -0.4 is 0 Å². The molecule has 2 aromatic carbocycles. The van der Waals surface area contributed by atoms with Crippen LogP contribution in [0.2, 0.25) is 0 Å². The number of aromatic nitrogens is 3. The molecule has 0 amide bonds. The van der Waals surface area contributed by atoms with Gasteiger partial charge in [-0.2, -0.15) is 0 Å². The summed E-state index contributed by atoms with van der Waals surface area (Å²) in [5.41, 5.74) is 7.77. The van der Waals surface area contributed by atoms with E-state index in [-0.39, 0.29) is 0 Å². The van der Waals surface area contributed by atoms with Crippen LogP contribution in [0.5, 0.6) is 0 Å². The first-order chi connectivity index (χ1) is 12.7. The van der Waals surface area contributed by atoms with Gasteiger partial charge in [-0.15, -0.1) is 5.10 Å². The molecule has 5 rings (SSSR count). The first-order valence-corrected chi connectivity index (χ1v) is 9.94. The maximum atomic E-state index is 4.95. The van der Waals surface area contributed by atoms with E-state index >= 15 is 0 Å². The van der Waals surface area contributed by atoms with Gasteiger partial charge in [0.1, 0.15) is 5.65 Å². The topological polar surface area (TPSA) is 22.2 Å². The summed E-state index contributed by atoms with van der Waals surface area (Å²) in [7, 11) is 0. The summed E-state index contributed by atoms with van der Waals surface area (Å²) in [6.45, 7) is 3.16. The van der Waals surface area contributed by atoms with E-state index in [0.29, 0.717) is 0 Å². The molecule has 0 aliphatic carbocycles. The first kappa shape index (κ1) is 15.9. The summed E-state index contributed by atoms with van der Waals surface area (Å²) < 4.78 is 5.59. The molecule has 0 spiro atoms. The van der Waals surface area contributed by atoms with Crippen LogP contribution in [-0.4, -0.2) is 14.2 Å². The number of hydrogen-bond donors (Lipinski definition) is 0. The SMILES string of the molecule is Cc1ccc(-c2cn3nc(-c4ccc(Br)cc4)n4c3c2CCCC4)cc1. The van der Waals surface area contributed by atoms with Gasteiger partial charge in [-0.25, -0.2) is 4.52 Å². The van der Waals surface area contributed by atoms with E-state index in [1.807, 2.05) is 0 Å². The van der Waals surface area contributed by atoms with Gasteiger partial charge in [0, 0.05) is 33.9 Å². The van der Waals surface area contributed by atoms with Gasteiger partial charge in [0.05, 0.1) is 0 Å². The number of benzene rings is 2. The maximum Gasteiger partial charge on any atom is 0.162 e. The Hall–Kier alpha value is -2.33. The van der Waals surface area contributed by atoms with Crippen molar-refractivity contribution in [1.29, 1.82) is 0 Å². The Bertz CT molecular complexity index is 1000. The molecule has 0 radical (unpaired) electrons. The quantitative estimate of drug-likeness (QED) is 0.408. The van der Waals surface area contributed by atoms with Gasteiger partial charge >= 0.3 is 0 Å². The van der Waals surface area contributed by atoms with Crippen LogP contribution in [0.3, 0.4) is 0 Å². The third-order valence-corrected chi connectivity index (χ3v) is 5.83. The minimum absolute atomic E-state index is 1.03. The summed E-state index contributed by atoms with van der Waals surface area (Å²) in [6.07, 6.45) is 5.74. The molecule has 0 saturated carbocycles. The molecule has 4 aromatic rings. The van der Waals surface area contributed by atoms with Crippen LogP contribution in [0.15, 0.2) is 59.2 Å². The first-order valence-electron chi connectivity index (χ1n) is 9.14. The summed E-state index contributed by atoms with van der Waals surface area (Å²) in [6, 6.07) is 17.3. The minimum Gasteiger partial charge on any atom is -0.309 e. The lowest BCUT2D eigenvalue weighted by Crippen LogP contribution is -1.99. The van der Waals surface area contributed by atoms with Crippen molar-refractivity contribution in [2.45, 2.75) is 32.7 Å². The highest BCUT2D eigenvalue weighted by Crippen LogP contribution is 2.35. The molecule has 3 heterocycles. The highest BCUT2D eigenvalue weighted by atomic mass is 79.9. The Balaban J connectivity index is 1.72. The maximum absolute atomic E-state index is 4.95. The number of halogens is 1. The van der Waals surface area contributed by atoms with Gasteiger partial charge in [0.15, 0.2) is 5.82 Å². The molecule has 3 nitrogen and oxygen atoms in total. The molecular weight excluding hydrogens is 386 g/mol. The van der Waals surface area contributed by atoms with Crippen LogP contribution in [0, 0.1) is 6.92 Å². The molecule has 0 saturated heterocycles. The molecular formula is C22H20BrN3. The van der Waals surface area contributed by atoms with Crippen molar-refractivity contribution in [3.05, 3.63) is 70.3 Å². The molecule has 0 bridgehead atoms. The van der Waals surface area contributed by atoms with Crippen molar-refractivity contribution in [1.82, 2.24) is 14.2 Å². The second-order valence-electron chi connectivity index (χ2n) is 7.09. The van der Waals surface area contributed by atoms with Gasteiger partial charge in [0.25, 0.3) is 0 Å². The zero-order chi connectivity index (χ0) is 17.7. The lowest BCUT2D eigenvalue weighted by Gasteiger charge is -2.07. The van der Waals surface area contributed by atoms with E-state index in [1.165, 1.54) is 46.3 Å². The second-order valence-corrected chi connectivity index (χ2v) is 8.01. The zero-order valence-corrected chi connectivity index (χ0v) is 16.3. The third kappa shape index (κ3) is 2.52. The Morgan fingerprint density at radius 2 is 1.65 bits per heavy atom. The van der Waals surface area contributed by atoms with E-state index in [9.17, 15) is 0 Å². The van der Waals surface area contributed by atoms with Crippen molar-refractivity contribution in [2.24, 2.45) is 0 Å². The fourth-order valence-corrected chi connectivity index (χ4v) is 4.23. The summed E-state index contributed by atoms with van der Waals surface area (Å²) in [5, 5.41) is 4.95. The molecule has 0 fully saturated rings. The van der Waals surface area contributed by atoms with E-state index in [4.69, 9.17) is 5.10 Å². The molecule has 0 N–H and O–H groups in total. The van der Waals surface area contributed by atoms with Gasteiger partial charge < -0.3 is 4.57 Å². The summed E-state index contributed by atoms with van der Waals surface area (Å²) in [4.78, 5) is 0. The lowest BCUT2D eigenvalue weighted by molar-refractivity contribution is 0.645. The summed E-state index contributed by atoms with van der Waals surface area (Å²) >= 11 is 3.52. The van der Waals surface area contributed by atoms with E-state index in [2.05, 4.69) is 86.7 Å². The van der Waals surface area contributed by atoms with Crippen molar-refractivity contribution >= 4 is 21.6 Å². The minimum atomic E-state index is 1.03. The molecule has 0 unspecified atom stereocenters. The highest BCUT2D eigenvalue weighted by molar-refractivity contribution is 9.10. The average Bonchev–Trinajstić information content (AvgIpc) is 3.07. The highest BCUT2D eigenvalue weighted by Gasteiger charge is 2.22. The lowest BCUT2D eigenvalue weighted by atomic mass is 10.00. The molecule has 0 atom stereocenters. The van der Waals surface area contributed by atoms with Gasteiger partial charge in [-0.1, -0.05) is 57.9 Å². The van der Waals surface area contributed by atoms with Crippen LogP contribution >= 0.6 is 15.9 Å². The Morgan fingerprint density at radius 1 is 0.923 bits per heavy atom. The van der Waals surface area contributed by atoms with E-state index in [1.54, 1.807) is 0 Å². The Morgan fingerprint density at radius 3 is 2.42 bits per heavy atom. The summed E-state index contributed by atoms with van der Waals surface area (Å²) in [5.74, 6) is 1.06. The average molecular weight is 406 g/mol. The predicted molar refractivity (Wildman–Crippen MR) is 109 cm³/mol. The van der Waals surface area contributed by atoms with Crippen molar-refractivity contribution in [2.75, 3.05) is 0 Å². The number of rotatable bonds is 2. The molecule has 1 aliphatic heterocycles. The second kappa shape index (κ2) is 6.13. The molecule has 1 aliphatic rings. The van der Waals surface area contributed by atoms with Crippen molar-refractivity contribution in [3.8, 4) is 22.5 Å². The number of aryl methyl sites for hydroxylation is 3. The Labute approximate surface area is 161 Å². The fourth-order valence-electron chi connectivity index (χ4n) is 3.96. The van der Waals surface area contributed by atoms with Gasteiger partial charge in [0.2, 0.25) is 0 Å². The van der Waals surface area contributed by atoms with Gasteiger partial charge in [-0.3, -0.25) is 0 Å². The normalized spacial score (nSPS) is 13.9. The Kier molecular flexibility index (Phi) is 3.75. The van der Waals surface area contributed by atoms with Gasteiger partial charge in [-0.05, 0) is 43.9 Å². The van der Waals surface area contributed by atoms with E-state index < -0.39 is 0 Å². The molecule has 2 aromatic heterocycles. The van der Waals surface area contributed by atoms with Crippen molar-refractivity contribution in [3.63, 3.8) is 0 Å². The van der Waals surface area contributed by atoms with Crippen molar-refractivity contribution < 1.29 is 0 Å². The standard InChI is InChI=1S/C22H20BrN3/c1-15-5-7-16(8-6-15)20-14-26-22-19(20)4-2-3-13-25(22)21(24-26)17-9-11-18(23)12-10-17/h5-12,14H,2-4,13H2,1H3. The molecule has 26 heavy (non-hydrogen) atoms. The molecule has 4 heteroatoms. The van der Waals surface area contributed by atoms with Crippen LogP contribution in [0.25, 0.3) is 28.2 Å². The monoisotopic (exact) mass is 405 g/mol. The fraction of sp³-hybridized carbons (Fsp3) is 0.227. The third-order valence-electron chi connectivity index (χ3n) is 5.30.